The Labute approximate surface area is 98.0 Å². The van der Waals surface area contributed by atoms with Crippen LogP contribution in [-0.2, 0) is 6.18 Å². The van der Waals surface area contributed by atoms with Crippen molar-refractivity contribution >= 4 is 29.0 Å². The predicted octanol–water partition coefficient (Wildman–Crippen LogP) is 3.92. The first-order valence-electron chi connectivity index (χ1n) is 3.93. The highest BCUT2D eigenvalue weighted by Crippen LogP contribution is 2.35. The van der Waals surface area contributed by atoms with Crippen LogP contribution in [0.5, 0.6) is 0 Å². The van der Waals surface area contributed by atoms with Gasteiger partial charge in [-0.2, -0.15) is 13.2 Å². The fourth-order valence-electron chi connectivity index (χ4n) is 1.13. The minimum Gasteiger partial charge on any atom is -0.293 e. The number of halogens is 6. The Morgan fingerprint density at radius 2 is 1.88 bits per heavy atom. The van der Waals surface area contributed by atoms with Gasteiger partial charge in [0.15, 0.2) is 11.6 Å². The maximum atomic E-state index is 13.3. The molecule has 0 heterocycles. The largest absolute Gasteiger partial charge is 0.417 e. The molecule has 16 heavy (non-hydrogen) atoms. The lowest BCUT2D eigenvalue weighted by molar-refractivity contribution is -0.138. The summed E-state index contributed by atoms with van der Waals surface area (Å²) in [4.78, 5) is 11.1. The maximum absolute atomic E-state index is 13.3. The summed E-state index contributed by atoms with van der Waals surface area (Å²) in [5.41, 5.74) is -2.49. The van der Waals surface area contributed by atoms with Gasteiger partial charge in [0.25, 0.3) is 0 Å². The van der Waals surface area contributed by atoms with Crippen LogP contribution in [0.3, 0.4) is 0 Å². The summed E-state index contributed by atoms with van der Waals surface area (Å²) in [6, 6.07) is 1.29. The molecule has 0 saturated carbocycles. The van der Waals surface area contributed by atoms with Gasteiger partial charge >= 0.3 is 6.18 Å². The van der Waals surface area contributed by atoms with Gasteiger partial charge in [-0.15, -0.1) is 11.6 Å². The third-order valence-electron chi connectivity index (χ3n) is 1.80. The highest BCUT2D eigenvalue weighted by atomic mass is 35.5. The van der Waals surface area contributed by atoms with Gasteiger partial charge in [-0.05, 0) is 12.1 Å². The van der Waals surface area contributed by atoms with E-state index in [4.69, 9.17) is 23.2 Å². The number of hydrogen-bond donors (Lipinski definition) is 0. The summed E-state index contributed by atoms with van der Waals surface area (Å²) < 4.78 is 50.7. The van der Waals surface area contributed by atoms with Crippen LogP contribution in [0.4, 0.5) is 17.6 Å². The van der Waals surface area contributed by atoms with Crippen molar-refractivity contribution in [2.75, 3.05) is 5.88 Å². The third kappa shape index (κ3) is 2.47. The molecule has 0 aliphatic carbocycles. The molecule has 0 saturated heterocycles. The molecule has 0 spiro atoms. The van der Waals surface area contributed by atoms with Gasteiger partial charge in [-0.3, -0.25) is 4.79 Å². The van der Waals surface area contributed by atoms with E-state index in [1.54, 1.807) is 0 Å². The van der Waals surface area contributed by atoms with Crippen molar-refractivity contribution in [2.45, 2.75) is 6.18 Å². The third-order valence-corrected chi connectivity index (χ3v) is 2.34. The monoisotopic (exact) mass is 274 g/mol. The molecule has 0 aliphatic rings. The molecule has 1 aromatic rings. The number of ketones is 1. The van der Waals surface area contributed by atoms with Crippen LogP contribution in [0.2, 0.25) is 5.02 Å². The summed E-state index contributed by atoms with van der Waals surface area (Å²) >= 11 is 10.4. The molecule has 0 amide bonds. The van der Waals surface area contributed by atoms with Gasteiger partial charge < -0.3 is 0 Å². The van der Waals surface area contributed by atoms with Crippen molar-refractivity contribution in [1.29, 1.82) is 0 Å². The van der Waals surface area contributed by atoms with Crippen LogP contribution in [0.25, 0.3) is 0 Å². The quantitative estimate of drug-likeness (QED) is 0.454. The van der Waals surface area contributed by atoms with Crippen LogP contribution in [0.15, 0.2) is 12.1 Å². The van der Waals surface area contributed by atoms with E-state index in [0.29, 0.717) is 6.07 Å². The lowest BCUT2D eigenvalue weighted by Crippen LogP contribution is -2.16. The lowest BCUT2D eigenvalue weighted by atomic mass is 10.0. The molecule has 0 atom stereocenters. The second-order valence-electron chi connectivity index (χ2n) is 2.84. The van der Waals surface area contributed by atoms with E-state index in [-0.39, 0.29) is 0 Å². The van der Waals surface area contributed by atoms with Crippen LogP contribution in [0.1, 0.15) is 15.9 Å². The minimum atomic E-state index is -4.83. The van der Waals surface area contributed by atoms with Gasteiger partial charge in [0.05, 0.1) is 22.0 Å². The van der Waals surface area contributed by atoms with Gasteiger partial charge in [0.2, 0.25) is 0 Å². The molecule has 0 aromatic heterocycles. The second kappa shape index (κ2) is 4.59. The molecule has 0 aliphatic heterocycles. The smallest absolute Gasteiger partial charge is 0.293 e. The van der Waals surface area contributed by atoms with Crippen LogP contribution in [0, 0.1) is 5.82 Å². The summed E-state index contributed by atoms with van der Waals surface area (Å²) in [5.74, 6) is -3.31. The van der Waals surface area contributed by atoms with Gasteiger partial charge in [-0.1, -0.05) is 11.6 Å². The highest BCUT2D eigenvalue weighted by Gasteiger charge is 2.37. The molecule has 0 bridgehead atoms. The Bertz CT molecular complexity index is 428. The fraction of sp³-hybridized carbons (Fsp3) is 0.222. The molecule has 0 unspecified atom stereocenters. The molecular weight excluding hydrogens is 271 g/mol. The maximum Gasteiger partial charge on any atom is 0.417 e. The SMILES string of the molecule is O=C(CCl)c1c(C(F)(F)F)ccc(Cl)c1F. The second-order valence-corrected chi connectivity index (χ2v) is 3.51. The number of alkyl halides is 4. The molecular formula is C9H4Cl2F4O. The molecule has 0 N–H and O–H groups in total. The topological polar surface area (TPSA) is 17.1 Å². The number of hydrogen-bond acceptors (Lipinski definition) is 1. The van der Waals surface area contributed by atoms with Gasteiger partial charge in [0, 0.05) is 0 Å². The van der Waals surface area contributed by atoms with E-state index in [9.17, 15) is 22.4 Å². The summed E-state index contributed by atoms with van der Waals surface area (Å²) in [6.07, 6.45) is -4.83. The zero-order chi connectivity index (χ0) is 12.5. The molecule has 1 rings (SSSR count). The molecule has 1 aromatic carbocycles. The van der Waals surface area contributed by atoms with Gasteiger partial charge in [-0.25, -0.2) is 4.39 Å². The molecule has 88 valence electrons. The van der Waals surface area contributed by atoms with Crippen molar-refractivity contribution in [3.63, 3.8) is 0 Å². The Morgan fingerprint density at radius 3 is 2.31 bits per heavy atom. The first kappa shape index (κ1) is 13.3. The minimum absolute atomic E-state index is 0.547. The van der Waals surface area contributed by atoms with Crippen molar-refractivity contribution in [1.82, 2.24) is 0 Å². The summed E-state index contributed by atoms with van der Waals surface area (Å²) in [6.45, 7) is 0. The van der Waals surface area contributed by atoms with Crippen molar-refractivity contribution < 1.29 is 22.4 Å². The lowest BCUT2D eigenvalue weighted by Gasteiger charge is -2.12. The Hall–Kier alpha value is -0.810. The number of benzene rings is 1. The number of carbonyl (C=O) groups is 1. The predicted molar refractivity (Wildman–Crippen MR) is 51.5 cm³/mol. The van der Waals surface area contributed by atoms with Crippen LogP contribution < -0.4 is 0 Å². The van der Waals surface area contributed by atoms with Crippen molar-refractivity contribution in [2.24, 2.45) is 0 Å². The number of rotatable bonds is 2. The number of Topliss-reactive ketones (excluding diaryl/α,β-unsaturated/α-hetero) is 1. The van der Waals surface area contributed by atoms with E-state index in [1.165, 1.54) is 0 Å². The summed E-state index contributed by atoms with van der Waals surface area (Å²) in [7, 11) is 0. The van der Waals surface area contributed by atoms with E-state index in [1.807, 2.05) is 0 Å². The standard InChI is InChI=1S/C9H4Cl2F4O/c10-3-6(16)7-4(9(13,14)15)1-2-5(11)8(7)12/h1-2H,3H2. The van der Waals surface area contributed by atoms with E-state index in [0.717, 1.165) is 6.07 Å². The Kier molecular flexibility index (Phi) is 3.80. The fourth-order valence-corrected chi connectivity index (χ4v) is 1.42. The van der Waals surface area contributed by atoms with E-state index < -0.39 is 39.8 Å². The first-order valence-corrected chi connectivity index (χ1v) is 4.84. The van der Waals surface area contributed by atoms with Crippen LogP contribution in [-0.4, -0.2) is 11.7 Å². The summed E-state index contributed by atoms with van der Waals surface area (Å²) in [5, 5.41) is -0.554. The highest BCUT2D eigenvalue weighted by molar-refractivity contribution is 6.33. The molecule has 0 radical (unpaired) electrons. The zero-order valence-electron chi connectivity index (χ0n) is 7.54. The zero-order valence-corrected chi connectivity index (χ0v) is 9.05. The molecule has 0 fully saturated rings. The Balaban J connectivity index is 3.51. The van der Waals surface area contributed by atoms with Gasteiger partial charge in [0.1, 0.15) is 0 Å². The first-order chi connectivity index (χ1) is 7.29. The molecule has 1 nitrogen and oxygen atoms in total. The average molecular weight is 275 g/mol. The van der Waals surface area contributed by atoms with Crippen molar-refractivity contribution in [3.8, 4) is 0 Å². The Morgan fingerprint density at radius 1 is 1.31 bits per heavy atom. The van der Waals surface area contributed by atoms with Crippen molar-refractivity contribution in [3.05, 3.63) is 34.1 Å². The van der Waals surface area contributed by atoms with E-state index in [2.05, 4.69) is 0 Å². The normalized spacial score (nSPS) is 11.6. The van der Waals surface area contributed by atoms with E-state index >= 15 is 0 Å². The van der Waals surface area contributed by atoms with Crippen LogP contribution >= 0.6 is 23.2 Å². The average Bonchev–Trinajstić information content (AvgIpc) is 2.19. The number of carbonyl (C=O) groups excluding carboxylic acids is 1. The molecule has 7 heteroatoms.